The van der Waals surface area contributed by atoms with Gasteiger partial charge in [-0.15, -0.1) is 0 Å². The first kappa shape index (κ1) is 18.8. The highest BCUT2D eigenvalue weighted by Gasteiger charge is 2.21. The molecular formula is C22H25N3O2S. The van der Waals surface area contributed by atoms with Crippen LogP contribution in [0, 0.1) is 0 Å². The van der Waals surface area contributed by atoms with Crippen LogP contribution >= 0.6 is 11.3 Å². The quantitative estimate of drug-likeness (QED) is 0.627. The third-order valence-electron chi connectivity index (χ3n) is 5.02. The fourth-order valence-electron chi connectivity index (χ4n) is 3.43. The van der Waals surface area contributed by atoms with Crippen molar-refractivity contribution in [1.82, 2.24) is 9.88 Å². The smallest absolute Gasteiger partial charge is 0.186 e. The van der Waals surface area contributed by atoms with Gasteiger partial charge in [0, 0.05) is 32.7 Å². The number of fused-ring (bicyclic) bond motifs is 1. The molecule has 0 bridgehead atoms. The number of hydrogen-bond acceptors (Lipinski definition) is 6. The van der Waals surface area contributed by atoms with Crippen molar-refractivity contribution in [2.75, 3.05) is 51.8 Å². The predicted octanol–water partition coefficient (Wildman–Crippen LogP) is 4.15. The van der Waals surface area contributed by atoms with Crippen LogP contribution in [0.15, 0.2) is 48.5 Å². The molecule has 1 aromatic heterocycles. The Morgan fingerprint density at radius 1 is 0.964 bits per heavy atom. The summed E-state index contributed by atoms with van der Waals surface area (Å²) >= 11 is 1.68. The Labute approximate surface area is 169 Å². The largest absolute Gasteiger partial charge is 0.495 e. The van der Waals surface area contributed by atoms with E-state index in [-0.39, 0.29) is 0 Å². The van der Waals surface area contributed by atoms with E-state index < -0.39 is 0 Å². The average Bonchev–Trinajstić information content (AvgIpc) is 3.20. The number of methoxy groups -OCH3 is 2. The molecule has 0 atom stereocenters. The molecule has 146 valence electrons. The Balaban J connectivity index is 1.40. The molecule has 0 spiro atoms. The summed E-state index contributed by atoms with van der Waals surface area (Å²) in [7, 11) is 3.38. The second-order valence-corrected chi connectivity index (χ2v) is 7.72. The van der Waals surface area contributed by atoms with E-state index in [1.54, 1.807) is 25.6 Å². The van der Waals surface area contributed by atoms with Gasteiger partial charge in [-0.2, -0.15) is 0 Å². The molecule has 0 aliphatic carbocycles. The van der Waals surface area contributed by atoms with E-state index in [1.807, 2.05) is 18.2 Å². The van der Waals surface area contributed by atoms with Crippen LogP contribution in [0.4, 0.5) is 5.13 Å². The summed E-state index contributed by atoms with van der Waals surface area (Å²) < 4.78 is 12.0. The molecule has 1 aliphatic rings. The van der Waals surface area contributed by atoms with Crippen LogP contribution in [0.5, 0.6) is 11.5 Å². The molecule has 2 aromatic carbocycles. The van der Waals surface area contributed by atoms with Gasteiger partial charge in [-0.1, -0.05) is 53.8 Å². The highest BCUT2D eigenvalue weighted by molar-refractivity contribution is 7.22. The van der Waals surface area contributed by atoms with Crippen LogP contribution in [-0.2, 0) is 0 Å². The summed E-state index contributed by atoms with van der Waals surface area (Å²) in [5, 5.41) is 1.04. The van der Waals surface area contributed by atoms with Gasteiger partial charge in [0.2, 0.25) is 0 Å². The molecule has 2 heterocycles. The van der Waals surface area contributed by atoms with Crippen LogP contribution in [0.3, 0.4) is 0 Å². The lowest BCUT2D eigenvalue weighted by Crippen LogP contribution is -2.46. The maximum absolute atomic E-state index is 5.51. The van der Waals surface area contributed by atoms with Crippen molar-refractivity contribution in [1.29, 1.82) is 0 Å². The van der Waals surface area contributed by atoms with E-state index in [2.05, 4.69) is 46.2 Å². The highest BCUT2D eigenvalue weighted by Crippen LogP contribution is 2.40. The molecule has 28 heavy (non-hydrogen) atoms. The number of piperazine rings is 1. The summed E-state index contributed by atoms with van der Waals surface area (Å²) in [6, 6.07) is 14.3. The summed E-state index contributed by atoms with van der Waals surface area (Å²) in [4.78, 5) is 9.69. The van der Waals surface area contributed by atoms with Crippen LogP contribution < -0.4 is 14.4 Å². The fourth-order valence-corrected chi connectivity index (χ4v) is 4.56. The van der Waals surface area contributed by atoms with E-state index in [0.29, 0.717) is 0 Å². The minimum atomic E-state index is 0.794. The molecule has 6 heteroatoms. The standard InChI is InChI=1S/C22H25N3O2S/c1-26-18-10-11-19(27-2)21-20(18)23-22(28-21)25-15-13-24(14-16-25)12-6-9-17-7-4-3-5-8-17/h3-11H,12-16H2,1-2H3/b9-6+. The van der Waals surface area contributed by atoms with Crippen molar-refractivity contribution in [2.45, 2.75) is 0 Å². The molecule has 1 aliphatic heterocycles. The maximum Gasteiger partial charge on any atom is 0.186 e. The second kappa shape index (κ2) is 8.63. The van der Waals surface area contributed by atoms with Gasteiger partial charge >= 0.3 is 0 Å². The summed E-state index contributed by atoms with van der Waals surface area (Å²) in [5.41, 5.74) is 2.13. The summed E-state index contributed by atoms with van der Waals surface area (Å²) in [6.07, 6.45) is 4.44. The molecule has 1 fully saturated rings. The Kier molecular flexibility index (Phi) is 5.78. The Bertz CT molecular complexity index is 906. The van der Waals surface area contributed by atoms with Crippen molar-refractivity contribution >= 4 is 32.8 Å². The average molecular weight is 396 g/mol. The van der Waals surface area contributed by atoms with E-state index in [0.717, 1.165) is 59.6 Å². The first-order valence-corrected chi connectivity index (χ1v) is 10.3. The van der Waals surface area contributed by atoms with Gasteiger partial charge in [0.25, 0.3) is 0 Å². The number of aromatic nitrogens is 1. The number of nitrogens with zero attached hydrogens (tertiary/aromatic N) is 3. The van der Waals surface area contributed by atoms with E-state index >= 15 is 0 Å². The number of anilines is 1. The van der Waals surface area contributed by atoms with Crippen molar-refractivity contribution < 1.29 is 9.47 Å². The van der Waals surface area contributed by atoms with Crippen LogP contribution in [0.1, 0.15) is 5.56 Å². The molecular weight excluding hydrogens is 370 g/mol. The van der Waals surface area contributed by atoms with Crippen molar-refractivity contribution in [3.63, 3.8) is 0 Å². The van der Waals surface area contributed by atoms with E-state index in [1.165, 1.54) is 5.56 Å². The van der Waals surface area contributed by atoms with Gasteiger partial charge in [-0.05, 0) is 17.7 Å². The van der Waals surface area contributed by atoms with Crippen molar-refractivity contribution in [3.05, 3.63) is 54.1 Å². The molecule has 0 saturated carbocycles. The number of ether oxygens (including phenoxy) is 2. The van der Waals surface area contributed by atoms with Crippen LogP contribution in [0.2, 0.25) is 0 Å². The van der Waals surface area contributed by atoms with Gasteiger partial charge in [0.1, 0.15) is 21.7 Å². The number of benzene rings is 2. The molecule has 0 amide bonds. The maximum atomic E-state index is 5.51. The number of hydrogen-bond donors (Lipinski definition) is 0. The molecule has 5 nitrogen and oxygen atoms in total. The molecule has 0 unspecified atom stereocenters. The van der Waals surface area contributed by atoms with Gasteiger partial charge in [0.05, 0.1) is 14.2 Å². The lowest BCUT2D eigenvalue weighted by Gasteiger charge is -2.33. The third-order valence-corrected chi connectivity index (χ3v) is 6.15. The third kappa shape index (κ3) is 3.98. The van der Waals surface area contributed by atoms with Crippen molar-refractivity contribution in [2.24, 2.45) is 0 Å². The molecule has 3 aromatic rings. The van der Waals surface area contributed by atoms with E-state index in [4.69, 9.17) is 14.5 Å². The van der Waals surface area contributed by atoms with Gasteiger partial charge in [0.15, 0.2) is 5.13 Å². The van der Waals surface area contributed by atoms with Gasteiger partial charge < -0.3 is 14.4 Å². The Morgan fingerprint density at radius 2 is 1.68 bits per heavy atom. The zero-order valence-electron chi connectivity index (χ0n) is 16.3. The van der Waals surface area contributed by atoms with Gasteiger partial charge in [-0.25, -0.2) is 4.98 Å². The first-order valence-electron chi connectivity index (χ1n) is 9.49. The van der Waals surface area contributed by atoms with E-state index in [9.17, 15) is 0 Å². The Hall–Kier alpha value is -2.57. The van der Waals surface area contributed by atoms with Crippen LogP contribution in [0.25, 0.3) is 16.3 Å². The molecule has 0 N–H and O–H groups in total. The predicted molar refractivity (Wildman–Crippen MR) is 117 cm³/mol. The van der Waals surface area contributed by atoms with Crippen LogP contribution in [-0.4, -0.2) is 56.8 Å². The number of thiazole rings is 1. The topological polar surface area (TPSA) is 37.8 Å². The normalized spacial score (nSPS) is 15.4. The minimum Gasteiger partial charge on any atom is -0.495 e. The van der Waals surface area contributed by atoms with Crippen molar-refractivity contribution in [3.8, 4) is 11.5 Å². The monoisotopic (exact) mass is 395 g/mol. The minimum absolute atomic E-state index is 0.794. The lowest BCUT2D eigenvalue weighted by atomic mass is 10.2. The summed E-state index contributed by atoms with van der Waals surface area (Å²) in [6.45, 7) is 4.99. The Morgan fingerprint density at radius 3 is 2.39 bits per heavy atom. The zero-order valence-corrected chi connectivity index (χ0v) is 17.1. The summed E-state index contributed by atoms with van der Waals surface area (Å²) in [5.74, 6) is 1.65. The first-order chi connectivity index (χ1) is 13.8. The molecule has 0 radical (unpaired) electrons. The lowest BCUT2D eigenvalue weighted by molar-refractivity contribution is 0.284. The number of rotatable bonds is 6. The SMILES string of the molecule is COc1ccc(OC)c2sc(N3CCN(C/C=C/c4ccccc4)CC3)nc12. The zero-order chi connectivity index (χ0) is 19.3. The molecule has 1 saturated heterocycles. The second-order valence-electron chi connectivity index (χ2n) is 6.74. The molecule has 4 rings (SSSR count). The fraction of sp³-hybridized carbons (Fsp3) is 0.318. The highest BCUT2D eigenvalue weighted by atomic mass is 32.1. The van der Waals surface area contributed by atoms with Gasteiger partial charge in [-0.3, -0.25) is 4.90 Å².